The predicted octanol–water partition coefficient (Wildman–Crippen LogP) is 3.17. The molecule has 0 aliphatic carbocycles. The molecule has 12 heavy (non-hydrogen) atoms. The molecule has 0 bridgehead atoms. The first-order valence-electron chi connectivity index (χ1n) is 4.38. The maximum atomic E-state index is 3.77. The molecule has 0 aliphatic rings. The summed E-state index contributed by atoms with van der Waals surface area (Å²) >= 11 is 3.32. The van der Waals surface area contributed by atoms with Crippen LogP contribution in [0.25, 0.3) is 0 Å². The highest BCUT2D eigenvalue weighted by Crippen LogP contribution is 2.24. The lowest BCUT2D eigenvalue weighted by Gasteiger charge is -2.27. The Bertz CT molecular complexity index is 146. The Morgan fingerprint density at radius 1 is 1.50 bits per heavy atom. The van der Waals surface area contributed by atoms with Gasteiger partial charge in [0.05, 0.1) is 0 Å². The van der Waals surface area contributed by atoms with Crippen LogP contribution in [0.2, 0.25) is 0 Å². The van der Waals surface area contributed by atoms with Gasteiger partial charge in [-0.05, 0) is 17.9 Å². The van der Waals surface area contributed by atoms with Crippen molar-refractivity contribution in [3.05, 3.63) is 11.1 Å². The topological polar surface area (TPSA) is 12.0 Å². The molecule has 0 spiro atoms. The van der Waals surface area contributed by atoms with Crippen molar-refractivity contribution in [2.45, 2.75) is 27.7 Å². The van der Waals surface area contributed by atoms with Crippen molar-refractivity contribution in [3.8, 4) is 0 Å². The summed E-state index contributed by atoms with van der Waals surface area (Å²) in [6.45, 7) is 14.7. The molecule has 72 valence electrons. The normalized spacial score (nSPS) is 14.4. The van der Waals surface area contributed by atoms with Crippen molar-refractivity contribution in [1.82, 2.24) is 5.32 Å². The summed E-state index contributed by atoms with van der Waals surface area (Å²) in [5.41, 5.74) is 0.390. The lowest BCUT2D eigenvalue weighted by atomic mass is 9.82. The summed E-state index contributed by atoms with van der Waals surface area (Å²) in [6, 6.07) is 0. The van der Waals surface area contributed by atoms with Crippen LogP contribution in [-0.4, -0.2) is 13.1 Å². The summed E-state index contributed by atoms with van der Waals surface area (Å²) in [4.78, 5) is 0. The van der Waals surface area contributed by atoms with E-state index in [4.69, 9.17) is 0 Å². The molecular formula is C10H20BrN. The van der Waals surface area contributed by atoms with E-state index in [9.17, 15) is 0 Å². The Morgan fingerprint density at radius 2 is 2.00 bits per heavy atom. The lowest BCUT2D eigenvalue weighted by molar-refractivity contribution is 0.255. The molecule has 0 saturated heterocycles. The first-order valence-corrected chi connectivity index (χ1v) is 5.17. The van der Waals surface area contributed by atoms with Crippen LogP contribution in [0.5, 0.6) is 0 Å². The SMILES string of the molecule is C=C(Br)CNCC(C)C(C)(C)C. The quantitative estimate of drug-likeness (QED) is 0.787. The molecule has 1 N–H and O–H groups in total. The van der Waals surface area contributed by atoms with E-state index in [-0.39, 0.29) is 0 Å². The van der Waals surface area contributed by atoms with Crippen LogP contribution < -0.4 is 5.32 Å². The smallest absolute Gasteiger partial charge is 0.0265 e. The van der Waals surface area contributed by atoms with Gasteiger partial charge in [-0.2, -0.15) is 0 Å². The minimum Gasteiger partial charge on any atom is -0.312 e. The zero-order chi connectivity index (χ0) is 9.78. The second-order valence-corrected chi connectivity index (χ2v) is 5.54. The third-order valence-electron chi connectivity index (χ3n) is 2.25. The number of hydrogen-bond donors (Lipinski definition) is 1. The van der Waals surface area contributed by atoms with E-state index in [1.165, 1.54) is 0 Å². The highest BCUT2D eigenvalue weighted by molar-refractivity contribution is 9.11. The average Bonchev–Trinajstić information content (AvgIpc) is 1.84. The summed E-state index contributed by atoms with van der Waals surface area (Å²) in [6.07, 6.45) is 0. The molecule has 2 heteroatoms. The number of hydrogen-bond acceptors (Lipinski definition) is 1. The van der Waals surface area contributed by atoms with Crippen molar-refractivity contribution >= 4 is 15.9 Å². The maximum absolute atomic E-state index is 3.77. The fourth-order valence-electron chi connectivity index (χ4n) is 0.730. The molecule has 0 rings (SSSR count). The van der Waals surface area contributed by atoms with Gasteiger partial charge in [-0.3, -0.25) is 0 Å². The van der Waals surface area contributed by atoms with Gasteiger partial charge in [0, 0.05) is 11.0 Å². The zero-order valence-electron chi connectivity index (χ0n) is 8.58. The van der Waals surface area contributed by atoms with Gasteiger partial charge in [0.1, 0.15) is 0 Å². The van der Waals surface area contributed by atoms with Crippen molar-refractivity contribution in [1.29, 1.82) is 0 Å². The highest BCUT2D eigenvalue weighted by Gasteiger charge is 2.18. The van der Waals surface area contributed by atoms with Crippen LogP contribution in [-0.2, 0) is 0 Å². The van der Waals surface area contributed by atoms with Crippen LogP contribution in [0.1, 0.15) is 27.7 Å². The maximum Gasteiger partial charge on any atom is 0.0265 e. The fourth-order valence-corrected chi connectivity index (χ4v) is 0.929. The summed E-state index contributed by atoms with van der Waals surface area (Å²) in [7, 11) is 0. The lowest BCUT2D eigenvalue weighted by Crippen LogP contribution is -2.30. The molecule has 0 aromatic carbocycles. The molecule has 1 atom stereocenters. The Balaban J connectivity index is 3.58. The van der Waals surface area contributed by atoms with Gasteiger partial charge in [0.25, 0.3) is 0 Å². The van der Waals surface area contributed by atoms with E-state index in [2.05, 4.69) is 55.5 Å². The second-order valence-electron chi connectivity index (χ2n) is 4.42. The average molecular weight is 234 g/mol. The molecule has 0 amide bonds. The molecule has 0 heterocycles. The van der Waals surface area contributed by atoms with Crippen molar-refractivity contribution in [2.75, 3.05) is 13.1 Å². The van der Waals surface area contributed by atoms with E-state index >= 15 is 0 Å². The largest absolute Gasteiger partial charge is 0.312 e. The second kappa shape index (κ2) is 5.03. The van der Waals surface area contributed by atoms with Crippen LogP contribution in [0, 0.1) is 11.3 Å². The highest BCUT2D eigenvalue weighted by atomic mass is 79.9. The Labute approximate surface area is 84.8 Å². The molecule has 0 aromatic rings. The summed E-state index contributed by atoms with van der Waals surface area (Å²) < 4.78 is 1.02. The molecule has 1 nitrogen and oxygen atoms in total. The van der Waals surface area contributed by atoms with Crippen molar-refractivity contribution < 1.29 is 0 Å². The van der Waals surface area contributed by atoms with Gasteiger partial charge in [0.2, 0.25) is 0 Å². The van der Waals surface area contributed by atoms with E-state index in [1.807, 2.05) is 0 Å². The van der Waals surface area contributed by atoms with Gasteiger partial charge < -0.3 is 5.32 Å². The third kappa shape index (κ3) is 5.78. The van der Waals surface area contributed by atoms with Gasteiger partial charge in [-0.25, -0.2) is 0 Å². The van der Waals surface area contributed by atoms with Gasteiger partial charge in [0.15, 0.2) is 0 Å². The van der Waals surface area contributed by atoms with E-state index < -0.39 is 0 Å². The third-order valence-corrected chi connectivity index (χ3v) is 2.53. The van der Waals surface area contributed by atoms with Crippen LogP contribution >= 0.6 is 15.9 Å². The van der Waals surface area contributed by atoms with Crippen molar-refractivity contribution in [2.24, 2.45) is 11.3 Å². The first-order chi connectivity index (χ1) is 5.34. The minimum atomic E-state index is 0.390. The Kier molecular flexibility index (Phi) is 5.10. The molecule has 0 aromatic heterocycles. The van der Waals surface area contributed by atoms with Crippen LogP contribution in [0.3, 0.4) is 0 Å². The summed E-state index contributed by atoms with van der Waals surface area (Å²) in [5, 5.41) is 3.34. The van der Waals surface area contributed by atoms with Crippen molar-refractivity contribution in [3.63, 3.8) is 0 Å². The number of rotatable bonds is 4. The molecule has 1 unspecified atom stereocenters. The Hall–Kier alpha value is 0.180. The van der Waals surface area contributed by atoms with Gasteiger partial charge in [-0.15, -0.1) is 0 Å². The van der Waals surface area contributed by atoms with Gasteiger partial charge in [-0.1, -0.05) is 50.2 Å². The van der Waals surface area contributed by atoms with Crippen LogP contribution in [0.4, 0.5) is 0 Å². The zero-order valence-corrected chi connectivity index (χ0v) is 10.2. The van der Waals surface area contributed by atoms with E-state index in [1.54, 1.807) is 0 Å². The Morgan fingerprint density at radius 3 is 2.33 bits per heavy atom. The molecule has 0 fully saturated rings. The predicted molar refractivity (Wildman–Crippen MR) is 59.6 cm³/mol. The minimum absolute atomic E-state index is 0.390. The molecule has 0 aliphatic heterocycles. The van der Waals surface area contributed by atoms with Crippen LogP contribution in [0.15, 0.2) is 11.1 Å². The number of halogens is 1. The monoisotopic (exact) mass is 233 g/mol. The fraction of sp³-hybridized carbons (Fsp3) is 0.800. The van der Waals surface area contributed by atoms with Gasteiger partial charge >= 0.3 is 0 Å². The number of nitrogens with one attached hydrogen (secondary N) is 1. The van der Waals surface area contributed by atoms with E-state index in [0.29, 0.717) is 11.3 Å². The molecular weight excluding hydrogens is 214 g/mol. The summed E-state index contributed by atoms with van der Waals surface area (Å²) in [5.74, 6) is 0.685. The molecule has 0 saturated carbocycles. The van der Waals surface area contributed by atoms with E-state index in [0.717, 1.165) is 17.6 Å². The first kappa shape index (κ1) is 12.2. The molecule has 0 radical (unpaired) electrons. The standard InChI is InChI=1S/C10H20BrN/c1-8(10(3,4)5)6-12-7-9(2)11/h8,12H,2,6-7H2,1,3-5H3.